The van der Waals surface area contributed by atoms with Gasteiger partial charge in [0.05, 0.1) is 0 Å². The van der Waals surface area contributed by atoms with Gasteiger partial charge in [-0.3, -0.25) is 4.55 Å². The Balaban J connectivity index is 1.30. The average molecular weight is 620 g/mol. The number of para-hydroxylation sites is 3. The van der Waals surface area contributed by atoms with Crippen molar-refractivity contribution in [3.8, 4) is 17.2 Å². The largest absolute Gasteiger partial charge is 0.311 e. The van der Waals surface area contributed by atoms with E-state index < -0.39 is 15.0 Å². The first-order chi connectivity index (χ1) is 22.4. The molecule has 6 aromatic rings. The molecule has 0 atom stereocenters. The number of benzene rings is 6. The van der Waals surface area contributed by atoms with E-state index in [0.29, 0.717) is 5.56 Å². The molecule has 0 unspecified atom stereocenters. The van der Waals surface area contributed by atoms with Crippen molar-refractivity contribution >= 4 is 50.3 Å². The Morgan fingerprint density at radius 3 is 1.11 bits per heavy atom. The predicted molar refractivity (Wildman–Crippen MR) is 186 cm³/mol. The predicted octanol–water partition coefficient (Wildman–Crippen LogP) is 10.0. The van der Waals surface area contributed by atoms with Gasteiger partial charge in [0.15, 0.2) is 4.91 Å². The van der Waals surface area contributed by atoms with Gasteiger partial charge in [-0.25, -0.2) is 0 Å². The van der Waals surface area contributed by atoms with Gasteiger partial charge in [0, 0.05) is 34.1 Å². The molecule has 6 rings (SSSR count). The Labute approximate surface area is 269 Å². The topological polar surface area (TPSA) is 84.6 Å². The Hall–Kier alpha value is -5.94. The van der Waals surface area contributed by atoms with Crippen LogP contribution in [0.15, 0.2) is 169 Å². The Morgan fingerprint density at radius 2 is 0.804 bits per heavy atom. The van der Waals surface area contributed by atoms with E-state index >= 15 is 0 Å². The highest BCUT2D eigenvalue weighted by Gasteiger charge is 2.16. The van der Waals surface area contributed by atoms with Crippen molar-refractivity contribution in [3.63, 3.8) is 0 Å². The Bertz CT molecular complexity index is 2050. The number of anilines is 6. The fourth-order valence-electron chi connectivity index (χ4n) is 5.27. The lowest BCUT2D eigenvalue weighted by atomic mass is 10.0. The van der Waals surface area contributed by atoms with E-state index in [0.717, 1.165) is 51.3 Å². The van der Waals surface area contributed by atoms with E-state index in [-0.39, 0.29) is 0 Å². The minimum Gasteiger partial charge on any atom is -0.311 e. The molecule has 6 nitrogen and oxygen atoms in total. The first-order valence-electron chi connectivity index (χ1n) is 14.6. The van der Waals surface area contributed by atoms with Crippen molar-refractivity contribution in [1.29, 1.82) is 5.26 Å². The van der Waals surface area contributed by atoms with E-state index in [1.165, 1.54) is 6.07 Å². The Kier molecular flexibility index (Phi) is 8.75. The van der Waals surface area contributed by atoms with Gasteiger partial charge in [-0.2, -0.15) is 13.7 Å². The summed E-state index contributed by atoms with van der Waals surface area (Å²) in [6.07, 6.45) is 1.14. The van der Waals surface area contributed by atoms with Crippen molar-refractivity contribution in [2.24, 2.45) is 0 Å². The van der Waals surface area contributed by atoms with Gasteiger partial charge in [0.25, 0.3) is 0 Å². The molecule has 46 heavy (non-hydrogen) atoms. The summed E-state index contributed by atoms with van der Waals surface area (Å²) in [7, 11) is -4.60. The van der Waals surface area contributed by atoms with Crippen LogP contribution in [0.4, 0.5) is 34.1 Å². The molecule has 0 aliphatic carbocycles. The lowest BCUT2D eigenvalue weighted by Gasteiger charge is -2.26. The smallest absolute Gasteiger partial charge is 0.304 e. The molecule has 0 spiro atoms. The Morgan fingerprint density at radius 1 is 0.500 bits per heavy atom. The van der Waals surface area contributed by atoms with Crippen molar-refractivity contribution in [2.45, 2.75) is 0 Å². The maximum absolute atomic E-state index is 11.5. The first-order valence-corrected chi connectivity index (χ1v) is 16.0. The van der Waals surface area contributed by atoms with Crippen molar-refractivity contribution in [3.05, 3.63) is 174 Å². The summed E-state index contributed by atoms with van der Waals surface area (Å²) in [5, 5.41) is 9.13. The SMILES string of the molecule is N#CC(=Cc1ccc(N(c2ccccc2)c2ccc(-c3ccc(N(c4ccccc4)c4ccccc4)cc3)cc2)cc1)S(=O)(=O)O. The van der Waals surface area contributed by atoms with E-state index in [2.05, 4.69) is 82.6 Å². The summed E-state index contributed by atoms with van der Waals surface area (Å²) in [5.41, 5.74) is 8.58. The molecule has 1 N–H and O–H groups in total. The third-order valence-electron chi connectivity index (χ3n) is 7.46. The van der Waals surface area contributed by atoms with E-state index in [4.69, 9.17) is 5.26 Å². The van der Waals surface area contributed by atoms with Crippen LogP contribution in [0, 0.1) is 11.3 Å². The van der Waals surface area contributed by atoms with Gasteiger partial charge < -0.3 is 9.80 Å². The van der Waals surface area contributed by atoms with Gasteiger partial charge in [0.2, 0.25) is 0 Å². The van der Waals surface area contributed by atoms with Crippen molar-refractivity contribution < 1.29 is 13.0 Å². The summed E-state index contributed by atoms with van der Waals surface area (Å²) in [6.45, 7) is 0. The van der Waals surface area contributed by atoms with E-state index in [1.807, 2.05) is 78.9 Å². The second-order valence-corrected chi connectivity index (χ2v) is 11.8. The van der Waals surface area contributed by atoms with Crippen LogP contribution in [0.3, 0.4) is 0 Å². The van der Waals surface area contributed by atoms with Crippen LogP contribution < -0.4 is 9.80 Å². The van der Waals surface area contributed by atoms with Crippen LogP contribution >= 0.6 is 0 Å². The van der Waals surface area contributed by atoms with Crippen LogP contribution in [0.5, 0.6) is 0 Å². The lowest BCUT2D eigenvalue weighted by molar-refractivity contribution is 0.492. The number of allylic oxidation sites excluding steroid dienone is 1. The zero-order valence-corrected chi connectivity index (χ0v) is 25.5. The molecule has 0 aliphatic rings. The molecular formula is C39H29N3O3S. The van der Waals surface area contributed by atoms with Crippen LogP contribution in [0.25, 0.3) is 17.2 Å². The monoisotopic (exact) mass is 619 g/mol. The van der Waals surface area contributed by atoms with Crippen molar-refractivity contribution in [2.75, 3.05) is 9.80 Å². The third-order valence-corrected chi connectivity index (χ3v) is 8.23. The number of nitriles is 1. The number of hydrogen-bond acceptors (Lipinski definition) is 5. The second kappa shape index (κ2) is 13.4. The highest BCUT2D eigenvalue weighted by atomic mass is 32.2. The van der Waals surface area contributed by atoms with Crippen LogP contribution in [0.2, 0.25) is 0 Å². The molecule has 0 saturated carbocycles. The molecule has 6 aromatic carbocycles. The molecule has 0 amide bonds. The maximum atomic E-state index is 11.5. The zero-order chi connectivity index (χ0) is 31.9. The highest BCUT2D eigenvalue weighted by Crippen LogP contribution is 2.38. The maximum Gasteiger partial charge on any atom is 0.304 e. The van der Waals surface area contributed by atoms with Gasteiger partial charge in [-0.1, -0.05) is 91.0 Å². The fraction of sp³-hybridized carbons (Fsp3) is 0. The molecule has 224 valence electrons. The van der Waals surface area contributed by atoms with Gasteiger partial charge in [-0.05, 0) is 95.6 Å². The minimum atomic E-state index is -4.60. The summed E-state index contributed by atoms with van der Waals surface area (Å²) in [5.74, 6) is 0. The normalized spacial score (nSPS) is 11.4. The van der Waals surface area contributed by atoms with E-state index in [1.54, 1.807) is 12.1 Å². The molecule has 0 fully saturated rings. The zero-order valence-electron chi connectivity index (χ0n) is 24.7. The molecule has 0 aliphatic heterocycles. The van der Waals surface area contributed by atoms with Gasteiger partial charge >= 0.3 is 10.1 Å². The number of hydrogen-bond donors (Lipinski definition) is 1. The van der Waals surface area contributed by atoms with Gasteiger partial charge in [-0.15, -0.1) is 0 Å². The quantitative estimate of drug-likeness (QED) is 0.128. The molecule has 0 saturated heterocycles. The molecule has 0 heterocycles. The number of nitrogens with zero attached hydrogens (tertiary/aromatic N) is 3. The third kappa shape index (κ3) is 6.74. The van der Waals surface area contributed by atoms with Crippen LogP contribution in [-0.2, 0) is 10.1 Å². The minimum absolute atomic E-state index is 0.475. The van der Waals surface area contributed by atoms with Crippen LogP contribution in [-0.4, -0.2) is 13.0 Å². The fourth-order valence-corrected chi connectivity index (χ4v) is 5.67. The molecule has 0 radical (unpaired) electrons. The number of rotatable bonds is 9. The summed E-state index contributed by atoms with van der Waals surface area (Å²) in [6, 6.07) is 56.0. The lowest BCUT2D eigenvalue weighted by Crippen LogP contribution is -2.10. The highest BCUT2D eigenvalue weighted by molar-refractivity contribution is 7.90. The molecule has 7 heteroatoms. The molecular weight excluding hydrogens is 591 g/mol. The molecule has 0 aromatic heterocycles. The van der Waals surface area contributed by atoms with E-state index in [9.17, 15) is 13.0 Å². The van der Waals surface area contributed by atoms with Crippen molar-refractivity contribution in [1.82, 2.24) is 0 Å². The summed E-state index contributed by atoms with van der Waals surface area (Å²) < 4.78 is 32.2. The summed E-state index contributed by atoms with van der Waals surface area (Å²) >= 11 is 0. The molecule has 0 bridgehead atoms. The average Bonchev–Trinajstić information content (AvgIpc) is 3.10. The summed E-state index contributed by atoms with van der Waals surface area (Å²) in [4.78, 5) is 3.61. The second-order valence-electron chi connectivity index (χ2n) is 10.5. The van der Waals surface area contributed by atoms with Crippen LogP contribution in [0.1, 0.15) is 5.56 Å². The standard InChI is InChI=1S/C39H29N3O3S/c40-29-39(46(43,44)45)28-30-16-22-36(23-17-30)42(35-14-8-3-9-15-35)38-26-20-32(21-27-38)31-18-24-37(25-19-31)41(33-10-4-1-5-11-33)34-12-6-2-7-13-34/h1-28H,(H,43,44,45). The first kappa shape index (κ1) is 30.1. The van der Waals surface area contributed by atoms with Gasteiger partial charge in [0.1, 0.15) is 6.07 Å².